The quantitative estimate of drug-likeness (QED) is 0.829. The zero-order valence-electron chi connectivity index (χ0n) is 11.9. The van der Waals surface area contributed by atoms with Crippen molar-refractivity contribution in [3.05, 3.63) is 34.9 Å². The molecule has 2 saturated carbocycles. The summed E-state index contributed by atoms with van der Waals surface area (Å²) >= 11 is 5.93. The van der Waals surface area contributed by atoms with Crippen LogP contribution in [0.1, 0.15) is 56.4 Å². The Kier molecular flexibility index (Phi) is 4.65. The molecule has 2 N–H and O–H groups in total. The van der Waals surface area contributed by atoms with Gasteiger partial charge in [0, 0.05) is 17.1 Å². The molecule has 1 aromatic rings. The lowest BCUT2D eigenvalue weighted by Gasteiger charge is -2.39. The number of aliphatic hydroxyl groups is 1. The molecule has 0 saturated heterocycles. The van der Waals surface area contributed by atoms with Gasteiger partial charge in [0.2, 0.25) is 0 Å². The van der Waals surface area contributed by atoms with Crippen LogP contribution in [0.4, 0.5) is 0 Å². The van der Waals surface area contributed by atoms with E-state index in [0.29, 0.717) is 18.0 Å². The highest BCUT2D eigenvalue weighted by Gasteiger charge is 2.33. The van der Waals surface area contributed by atoms with Crippen LogP contribution >= 0.6 is 11.6 Å². The molecule has 2 nitrogen and oxygen atoms in total. The zero-order chi connectivity index (χ0) is 13.9. The van der Waals surface area contributed by atoms with Gasteiger partial charge in [-0.25, -0.2) is 0 Å². The molecule has 110 valence electrons. The molecule has 0 aliphatic heterocycles. The maximum absolute atomic E-state index is 10.2. The van der Waals surface area contributed by atoms with E-state index in [1.54, 1.807) is 0 Å². The van der Waals surface area contributed by atoms with E-state index >= 15 is 0 Å². The summed E-state index contributed by atoms with van der Waals surface area (Å²) < 4.78 is 0. The lowest BCUT2D eigenvalue weighted by molar-refractivity contribution is 0.102. The van der Waals surface area contributed by atoms with E-state index in [4.69, 9.17) is 11.6 Å². The molecule has 0 radical (unpaired) electrons. The normalized spacial score (nSPS) is 34.3. The topological polar surface area (TPSA) is 32.3 Å². The number of hydrogen-bond donors (Lipinski definition) is 2. The van der Waals surface area contributed by atoms with E-state index in [1.165, 1.54) is 37.7 Å². The van der Waals surface area contributed by atoms with Gasteiger partial charge >= 0.3 is 0 Å². The molecule has 2 fully saturated rings. The minimum absolute atomic E-state index is 0.146. The minimum atomic E-state index is -0.146. The fraction of sp³-hybridized carbons (Fsp3) is 0.647. The molecule has 0 amide bonds. The summed E-state index contributed by atoms with van der Waals surface area (Å²) in [7, 11) is 0. The largest absolute Gasteiger partial charge is 0.392 e. The molecule has 0 spiro atoms. The molecule has 0 aromatic heterocycles. The molecular weight excluding hydrogens is 270 g/mol. The van der Waals surface area contributed by atoms with Gasteiger partial charge in [-0.15, -0.1) is 0 Å². The first-order chi connectivity index (χ1) is 9.72. The van der Waals surface area contributed by atoms with Gasteiger partial charge in [0.25, 0.3) is 0 Å². The van der Waals surface area contributed by atoms with Crippen LogP contribution in [-0.2, 0) is 0 Å². The van der Waals surface area contributed by atoms with Crippen molar-refractivity contribution >= 4 is 11.6 Å². The Bertz CT molecular complexity index is 427. The third-order valence-electron chi connectivity index (χ3n) is 4.91. The Hall–Kier alpha value is -0.570. The maximum atomic E-state index is 10.2. The van der Waals surface area contributed by atoms with Crippen LogP contribution < -0.4 is 5.32 Å². The Morgan fingerprint density at radius 1 is 1.00 bits per heavy atom. The summed E-state index contributed by atoms with van der Waals surface area (Å²) in [4.78, 5) is 0. The minimum Gasteiger partial charge on any atom is -0.392 e. The molecule has 2 aliphatic rings. The number of rotatable bonds is 3. The van der Waals surface area contributed by atoms with Crippen LogP contribution in [0, 0.1) is 0 Å². The first-order valence-electron chi connectivity index (χ1n) is 7.92. The van der Waals surface area contributed by atoms with Crippen molar-refractivity contribution < 1.29 is 5.11 Å². The average molecular weight is 294 g/mol. The third kappa shape index (κ3) is 3.36. The van der Waals surface area contributed by atoms with Crippen molar-refractivity contribution in [2.24, 2.45) is 0 Å². The van der Waals surface area contributed by atoms with Crippen LogP contribution in [0.2, 0.25) is 5.02 Å². The lowest BCUT2D eigenvalue weighted by atomic mass is 9.75. The van der Waals surface area contributed by atoms with Gasteiger partial charge in [-0.3, -0.25) is 0 Å². The molecule has 1 aromatic carbocycles. The summed E-state index contributed by atoms with van der Waals surface area (Å²) in [6, 6.07) is 9.13. The summed E-state index contributed by atoms with van der Waals surface area (Å²) in [5, 5.41) is 14.6. The number of hydrogen-bond acceptors (Lipinski definition) is 2. The van der Waals surface area contributed by atoms with Crippen LogP contribution in [-0.4, -0.2) is 23.3 Å². The number of benzene rings is 1. The molecule has 2 atom stereocenters. The summed E-state index contributed by atoms with van der Waals surface area (Å²) in [6.07, 6.45) is 8.02. The van der Waals surface area contributed by atoms with Crippen molar-refractivity contribution in [2.75, 3.05) is 0 Å². The molecule has 20 heavy (non-hydrogen) atoms. The fourth-order valence-electron chi connectivity index (χ4n) is 3.55. The fourth-order valence-corrected chi connectivity index (χ4v) is 3.67. The summed E-state index contributed by atoms with van der Waals surface area (Å²) in [5.41, 5.74) is 1.40. The molecule has 2 unspecified atom stereocenters. The average Bonchev–Trinajstić information content (AvgIpc) is 2.60. The Morgan fingerprint density at radius 3 is 2.45 bits per heavy atom. The van der Waals surface area contributed by atoms with E-state index in [1.807, 2.05) is 12.1 Å². The van der Waals surface area contributed by atoms with Crippen LogP contribution in [0.25, 0.3) is 0 Å². The molecule has 0 bridgehead atoms. The maximum Gasteiger partial charge on any atom is 0.0693 e. The van der Waals surface area contributed by atoms with Crippen LogP contribution in [0.15, 0.2) is 24.3 Å². The smallest absolute Gasteiger partial charge is 0.0693 e. The van der Waals surface area contributed by atoms with Crippen LogP contribution in [0.5, 0.6) is 0 Å². The Morgan fingerprint density at radius 2 is 1.70 bits per heavy atom. The predicted molar refractivity (Wildman–Crippen MR) is 83.2 cm³/mol. The SMILES string of the molecule is OC1CCCCCC1NC1CC(c2ccc(Cl)cc2)C1. The predicted octanol–water partition coefficient (Wildman–Crippen LogP) is 3.87. The molecule has 2 aliphatic carbocycles. The molecule has 3 heteroatoms. The van der Waals surface area contributed by atoms with E-state index < -0.39 is 0 Å². The number of aliphatic hydroxyl groups excluding tert-OH is 1. The van der Waals surface area contributed by atoms with Gasteiger partial charge in [-0.05, 0) is 49.3 Å². The van der Waals surface area contributed by atoms with Gasteiger partial charge in [0.15, 0.2) is 0 Å². The number of halogens is 1. The first-order valence-corrected chi connectivity index (χ1v) is 8.30. The van der Waals surface area contributed by atoms with Crippen molar-refractivity contribution in [1.82, 2.24) is 5.32 Å². The second-order valence-electron chi connectivity index (χ2n) is 6.40. The van der Waals surface area contributed by atoms with E-state index in [9.17, 15) is 5.11 Å². The highest BCUT2D eigenvalue weighted by Crippen LogP contribution is 2.38. The highest BCUT2D eigenvalue weighted by molar-refractivity contribution is 6.30. The highest BCUT2D eigenvalue weighted by atomic mass is 35.5. The van der Waals surface area contributed by atoms with Gasteiger partial charge in [-0.1, -0.05) is 43.0 Å². The molecular formula is C17H24ClNO. The molecule has 3 rings (SSSR count). The van der Waals surface area contributed by atoms with Crippen molar-refractivity contribution in [3.63, 3.8) is 0 Å². The summed E-state index contributed by atoms with van der Waals surface area (Å²) in [5.74, 6) is 0.660. The molecule has 0 heterocycles. The van der Waals surface area contributed by atoms with Gasteiger partial charge in [-0.2, -0.15) is 0 Å². The number of nitrogens with one attached hydrogen (secondary N) is 1. The first kappa shape index (κ1) is 14.4. The third-order valence-corrected chi connectivity index (χ3v) is 5.16. The standard InChI is InChI=1S/C17H24ClNO/c18-14-8-6-12(7-9-14)13-10-15(11-13)19-16-4-2-1-3-5-17(16)20/h6-9,13,15-17,19-20H,1-5,10-11H2. The second kappa shape index (κ2) is 6.46. The Balaban J connectivity index is 1.49. The van der Waals surface area contributed by atoms with Crippen molar-refractivity contribution in [1.29, 1.82) is 0 Å². The lowest BCUT2D eigenvalue weighted by Crippen LogP contribution is -2.49. The van der Waals surface area contributed by atoms with Crippen molar-refractivity contribution in [3.8, 4) is 0 Å². The van der Waals surface area contributed by atoms with Gasteiger partial charge in [0.05, 0.1) is 6.10 Å². The van der Waals surface area contributed by atoms with E-state index in [-0.39, 0.29) is 6.10 Å². The van der Waals surface area contributed by atoms with Gasteiger partial charge < -0.3 is 10.4 Å². The van der Waals surface area contributed by atoms with Crippen molar-refractivity contribution in [2.45, 2.75) is 69.1 Å². The zero-order valence-corrected chi connectivity index (χ0v) is 12.6. The summed E-state index contributed by atoms with van der Waals surface area (Å²) in [6.45, 7) is 0. The van der Waals surface area contributed by atoms with Gasteiger partial charge in [0.1, 0.15) is 0 Å². The Labute approximate surface area is 126 Å². The van der Waals surface area contributed by atoms with Crippen LogP contribution in [0.3, 0.4) is 0 Å². The van der Waals surface area contributed by atoms with E-state index in [2.05, 4.69) is 17.4 Å². The monoisotopic (exact) mass is 293 g/mol. The van der Waals surface area contributed by atoms with E-state index in [0.717, 1.165) is 17.9 Å². The second-order valence-corrected chi connectivity index (χ2v) is 6.83.